The molecule has 0 saturated carbocycles. The Morgan fingerprint density at radius 1 is 1.11 bits per heavy atom. The van der Waals surface area contributed by atoms with E-state index in [1.165, 1.54) is 11.3 Å². The number of benzene rings is 1. The Morgan fingerprint density at radius 2 is 1.94 bits per heavy atom. The minimum Gasteiger partial charge on any atom is -0.369 e. The Bertz CT molecular complexity index is 452. The van der Waals surface area contributed by atoms with E-state index >= 15 is 0 Å². The van der Waals surface area contributed by atoms with Crippen LogP contribution < -0.4 is 15.5 Å². The fraction of sp³-hybridized carbons (Fsp3) is 0.500. The highest BCUT2D eigenvalue weighted by Crippen LogP contribution is 2.27. The molecule has 18 heavy (non-hydrogen) atoms. The zero-order valence-corrected chi connectivity index (χ0v) is 10.5. The maximum atomic E-state index is 12.0. The second-order valence-corrected chi connectivity index (χ2v) is 4.90. The topological polar surface area (TPSA) is 44.4 Å². The molecule has 1 saturated heterocycles. The number of carbonyl (C=O) groups excluding carboxylic acids is 1. The van der Waals surface area contributed by atoms with Crippen LogP contribution in [0.2, 0.25) is 0 Å². The SMILES string of the molecule is O=C1NCCCc2c1cccc2N1CCNCC1. The molecule has 0 atom stereocenters. The molecule has 4 heteroatoms. The van der Waals surface area contributed by atoms with Gasteiger partial charge in [0.1, 0.15) is 0 Å². The van der Waals surface area contributed by atoms with Crippen LogP contribution in [0.25, 0.3) is 0 Å². The summed E-state index contributed by atoms with van der Waals surface area (Å²) in [7, 11) is 0. The van der Waals surface area contributed by atoms with Crippen LogP contribution in [0.15, 0.2) is 18.2 Å². The third kappa shape index (κ3) is 2.08. The van der Waals surface area contributed by atoms with Gasteiger partial charge in [-0.3, -0.25) is 4.79 Å². The van der Waals surface area contributed by atoms with Crippen molar-refractivity contribution in [2.45, 2.75) is 12.8 Å². The van der Waals surface area contributed by atoms with Crippen LogP contribution in [-0.4, -0.2) is 38.6 Å². The molecule has 96 valence electrons. The van der Waals surface area contributed by atoms with E-state index in [1.54, 1.807) is 0 Å². The highest BCUT2D eigenvalue weighted by molar-refractivity contribution is 5.97. The van der Waals surface area contributed by atoms with Crippen LogP contribution in [0.1, 0.15) is 22.3 Å². The molecule has 4 nitrogen and oxygen atoms in total. The number of nitrogens with zero attached hydrogens (tertiary/aromatic N) is 1. The van der Waals surface area contributed by atoms with Gasteiger partial charge in [-0.05, 0) is 30.5 Å². The van der Waals surface area contributed by atoms with Crippen LogP contribution in [-0.2, 0) is 6.42 Å². The second kappa shape index (κ2) is 4.98. The van der Waals surface area contributed by atoms with Crippen LogP contribution in [0.5, 0.6) is 0 Å². The molecule has 1 fully saturated rings. The molecule has 0 bridgehead atoms. The predicted molar refractivity (Wildman–Crippen MR) is 72.2 cm³/mol. The van der Waals surface area contributed by atoms with E-state index in [-0.39, 0.29) is 5.91 Å². The van der Waals surface area contributed by atoms with Crippen molar-refractivity contribution < 1.29 is 4.79 Å². The minimum absolute atomic E-state index is 0.0829. The quantitative estimate of drug-likeness (QED) is 0.768. The maximum Gasteiger partial charge on any atom is 0.251 e. The number of anilines is 1. The van der Waals surface area contributed by atoms with Gasteiger partial charge in [-0.2, -0.15) is 0 Å². The van der Waals surface area contributed by atoms with Gasteiger partial charge >= 0.3 is 0 Å². The highest BCUT2D eigenvalue weighted by atomic mass is 16.1. The molecule has 1 aromatic rings. The lowest BCUT2D eigenvalue weighted by Crippen LogP contribution is -2.44. The molecule has 0 spiro atoms. The highest BCUT2D eigenvalue weighted by Gasteiger charge is 2.21. The van der Waals surface area contributed by atoms with Gasteiger partial charge in [-0.15, -0.1) is 0 Å². The lowest BCUT2D eigenvalue weighted by Gasteiger charge is -2.31. The third-order valence-corrected chi connectivity index (χ3v) is 3.74. The zero-order valence-electron chi connectivity index (χ0n) is 10.5. The molecule has 1 amide bonds. The number of nitrogens with one attached hydrogen (secondary N) is 2. The molecular weight excluding hydrogens is 226 g/mol. The molecule has 2 aliphatic rings. The molecule has 0 radical (unpaired) electrons. The summed E-state index contributed by atoms with van der Waals surface area (Å²) in [5.74, 6) is 0.0829. The summed E-state index contributed by atoms with van der Waals surface area (Å²) < 4.78 is 0. The average Bonchev–Trinajstić information content (AvgIpc) is 2.62. The first kappa shape index (κ1) is 11.5. The second-order valence-electron chi connectivity index (χ2n) is 4.90. The van der Waals surface area contributed by atoms with Gasteiger partial charge < -0.3 is 15.5 Å². The van der Waals surface area contributed by atoms with E-state index in [0.717, 1.165) is 51.1 Å². The van der Waals surface area contributed by atoms with E-state index in [9.17, 15) is 4.79 Å². The van der Waals surface area contributed by atoms with Gasteiger partial charge in [-0.25, -0.2) is 0 Å². The first-order valence-electron chi connectivity index (χ1n) is 6.72. The van der Waals surface area contributed by atoms with Crippen molar-refractivity contribution in [1.29, 1.82) is 0 Å². The van der Waals surface area contributed by atoms with Crippen molar-refractivity contribution in [1.82, 2.24) is 10.6 Å². The van der Waals surface area contributed by atoms with E-state index in [0.29, 0.717) is 0 Å². The third-order valence-electron chi connectivity index (χ3n) is 3.74. The van der Waals surface area contributed by atoms with Crippen LogP contribution in [0.3, 0.4) is 0 Å². The normalized spacial score (nSPS) is 20.0. The maximum absolute atomic E-state index is 12.0. The largest absolute Gasteiger partial charge is 0.369 e. The number of carbonyl (C=O) groups is 1. The lowest BCUT2D eigenvalue weighted by molar-refractivity contribution is 0.0956. The van der Waals surface area contributed by atoms with Gasteiger partial charge in [0, 0.05) is 44.0 Å². The van der Waals surface area contributed by atoms with Crippen molar-refractivity contribution in [2.24, 2.45) is 0 Å². The summed E-state index contributed by atoms with van der Waals surface area (Å²) in [5, 5.41) is 6.33. The summed E-state index contributed by atoms with van der Waals surface area (Å²) in [6.45, 7) is 4.89. The Labute approximate surface area is 107 Å². The number of hydrogen-bond donors (Lipinski definition) is 2. The van der Waals surface area contributed by atoms with Crippen molar-refractivity contribution in [2.75, 3.05) is 37.6 Å². The number of fused-ring (bicyclic) bond motifs is 1. The summed E-state index contributed by atoms with van der Waals surface area (Å²) in [4.78, 5) is 14.4. The van der Waals surface area contributed by atoms with Crippen molar-refractivity contribution >= 4 is 11.6 Å². The van der Waals surface area contributed by atoms with Crippen molar-refractivity contribution in [3.63, 3.8) is 0 Å². The molecule has 2 heterocycles. The van der Waals surface area contributed by atoms with Gasteiger partial charge in [0.15, 0.2) is 0 Å². The van der Waals surface area contributed by atoms with Crippen molar-refractivity contribution in [3.05, 3.63) is 29.3 Å². The summed E-state index contributed by atoms with van der Waals surface area (Å²) >= 11 is 0. The summed E-state index contributed by atoms with van der Waals surface area (Å²) in [5.41, 5.74) is 3.35. The standard InChI is InChI=1S/C14H19N3O/c18-14-12-3-1-5-13(11(12)4-2-6-16-14)17-9-7-15-8-10-17/h1,3,5,15H,2,4,6-10H2,(H,16,18). The molecular formula is C14H19N3O. The number of piperazine rings is 1. The number of rotatable bonds is 1. The Balaban J connectivity index is 1.99. The summed E-state index contributed by atoms with van der Waals surface area (Å²) in [6.07, 6.45) is 2.02. The molecule has 2 N–H and O–H groups in total. The fourth-order valence-electron chi connectivity index (χ4n) is 2.81. The zero-order chi connectivity index (χ0) is 12.4. The van der Waals surface area contributed by atoms with Gasteiger partial charge in [0.25, 0.3) is 5.91 Å². The Morgan fingerprint density at radius 3 is 2.78 bits per heavy atom. The first-order valence-corrected chi connectivity index (χ1v) is 6.72. The van der Waals surface area contributed by atoms with Crippen molar-refractivity contribution in [3.8, 4) is 0 Å². The first-order chi connectivity index (χ1) is 8.86. The smallest absolute Gasteiger partial charge is 0.251 e. The van der Waals surface area contributed by atoms with Gasteiger partial charge in [0.2, 0.25) is 0 Å². The number of hydrogen-bond acceptors (Lipinski definition) is 3. The fourth-order valence-corrected chi connectivity index (χ4v) is 2.81. The molecule has 3 rings (SSSR count). The van der Waals surface area contributed by atoms with E-state index in [1.807, 2.05) is 12.1 Å². The average molecular weight is 245 g/mol. The molecule has 0 aromatic heterocycles. The number of amides is 1. The Hall–Kier alpha value is -1.55. The van der Waals surface area contributed by atoms with Crippen LogP contribution >= 0.6 is 0 Å². The monoisotopic (exact) mass is 245 g/mol. The van der Waals surface area contributed by atoms with E-state index in [2.05, 4.69) is 21.6 Å². The van der Waals surface area contributed by atoms with E-state index in [4.69, 9.17) is 0 Å². The molecule has 0 unspecified atom stereocenters. The molecule has 1 aromatic carbocycles. The minimum atomic E-state index is 0.0829. The van der Waals surface area contributed by atoms with Crippen LogP contribution in [0.4, 0.5) is 5.69 Å². The Kier molecular flexibility index (Phi) is 3.19. The summed E-state index contributed by atoms with van der Waals surface area (Å²) in [6, 6.07) is 6.10. The van der Waals surface area contributed by atoms with Gasteiger partial charge in [-0.1, -0.05) is 6.07 Å². The predicted octanol–water partition coefficient (Wildman–Crippen LogP) is 0.772. The van der Waals surface area contributed by atoms with E-state index < -0.39 is 0 Å². The molecule has 0 aliphatic carbocycles. The van der Waals surface area contributed by atoms with Crippen LogP contribution in [0, 0.1) is 0 Å². The lowest BCUT2D eigenvalue weighted by atomic mass is 10.0. The molecule has 2 aliphatic heterocycles. The van der Waals surface area contributed by atoms with Gasteiger partial charge in [0.05, 0.1) is 0 Å².